The molecule has 0 fully saturated rings. The summed E-state index contributed by atoms with van der Waals surface area (Å²) in [7, 11) is 0. The van der Waals surface area contributed by atoms with E-state index in [-0.39, 0.29) is 0 Å². The van der Waals surface area contributed by atoms with Crippen molar-refractivity contribution in [3.8, 4) is 62.5 Å². The third-order valence-corrected chi connectivity index (χ3v) is 10.5. The van der Waals surface area contributed by atoms with Crippen molar-refractivity contribution >= 4 is 43.5 Å². The smallest absolute Gasteiger partial charge is 0.182 e. The van der Waals surface area contributed by atoms with E-state index in [1.807, 2.05) is 36.4 Å². The van der Waals surface area contributed by atoms with Gasteiger partial charge in [0.05, 0.1) is 22.2 Å². The van der Waals surface area contributed by atoms with E-state index < -0.39 is 0 Å². The summed E-state index contributed by atoms with van der Waals surface area (Å²) >= 11 is 0. The molecule has 7 nitrogen and oxygen atoms in total. The Hall–Kier alpha value is -7.90. The van der Waals surface area contributed by atoms with Crippen molar-refractivity contribution in [2.45, 2.75) is 0 Å². The average molecular weight is 730 g/mol. The maximum atomic E-state index is 5.34. The topological polar surface area (TPSA) is 82.3 Å². The summed E-state index contributed by atoms with van der Waals surface area (Å²) < 4.78 is 2.37. The maximum absolute atomic E-state index is 5.34. The van der Waals surface area contributed by atoms with Crippen molar-refractivity contribution in [2.24, 2.45) is 0 Å². The summed E-state index contributed by atoms with van der Waals surface area (Å²) in [6.07, 6.45) is 3.48. The number of rotatable bonds is 6. The molecule has 0 spiro atoms. The Labute approximate surface area is 327 Å². The predicted octanol–water partition coefficient (Wildman–Crippen LogP) is 11.8. The third-order valence-electron chi connectivity index (χ3n) is 10.5. The molecule has 0 saturated heterocycles. The molecule has 0 aliphatic heterocycles. The SMILES string of the molecule is c1ccc(-n2c3ccccc3c3c4c(ccc32)c(-c2cccc(-c3ccc(-c5nc(-c6ccccn6)nc(-c6ccccn6)n5)cc3)c2)nc2ccccc24)cc1. The second-order valence-electron chi connectivity index (χ2n) is 13.9. The molecular formula is C50H31N7. The summed E-state index contributed by atoms with van der Waals surface area (Å²) in [5, 5.41) is 5.92. The molecule has 6 aromatic carbocycles. The van der Waals surface area contributed by atoms with Crippen LogP contribution in [0.4, 0.5) is 0 Å². The normalized spacial score (nSPS) is 11.5. The minimum absolute atomic E-state index is 0.495. The predicted molar refractivity (Wildman–Crippen MR) is 230 cm³/mol. The fourth-order valence-electron chi connectivity index (χ4n) is 7.96. The monoisotopic (exact) mass is 729 g/mol. The first kappa shape index (κ1) is 32.5. The summed E-state index contributed by atoms with van der Waals surface area (Å²) in [5.41, 5.74) is 10.8. The fraction of sp³-hybridized carbons (Fsp3) is 0. The van der Waals surface area contributed by atoms with Crippen LogP contribution in [0.3, 0.4) is 0 Å². The van der Waals surface area contributed by atoms with Crippen LogP contribution in [-0.4, -0.2) is 34.5 Å². The lowest BCUT2D eigenvalue weighted by Gasteiger charge is -2.13. The number of benzene rings is 6. The summed E-state index contributed by atoms with van der Waals surface area (Å²) in [6.45, 7) is 0. The first-order valence-corrected chi connectivity index (χ1v) is 18.9. The van der Waals surface area contributed by atoms with Gasteiger partial charge in [0, 0.05) is 56.1 Å². The van der Waals surface area contributed by atoms with E-state index in [1.165, 1.54) is 27.2 Å². The Morgan fingerprint density at radius 3 is 1.72 bits per heavy atom. The number of aromatic nitrogens is 7. The first-order chi connectivity index (χ1) is 28.3. The van der Waals surface area contributed by atoms with Crippen LogP contribution in [0.1, 0.15) is 0 Å². The molecule has 5 heterocycles. The molecule has 0 N–H and O–H groups in total. The third kappa shape index (κ3) is 5.60. The van der Waals surface area contributed by atoms with Crippen molar-refractivity contribution in [3.63, 3.8) is 0 Å². The van der Waals surface area contributed by atoms with Crippen LogP contribution in [0.5, 0.6) is 0 Å². The molecule has 0 radical (unpaired) electrons. The van der Waals surface area contributed by atoms with E-state index in [2.05, 4.69) is 154 Å². The molecule has 266 valence electrons. The molecule has 0 unspecified atom stereocenters. The molecule has 0 atom stereocenters. The molecule has 7 heteroatoms. The molecule has 57 heavy (non-hydrogen) atoms. The Morgan fingerprint density at radius 1 is 0.351 bits per heavy atom. The zero-order chi connectivity index (χ0) is 37.7. The van der Waals surface area contributed by atoms with Gasteiger partial charge in [0.2, 0.25) is 0 Å². The first-order valence-electron chi connectivity index (χ1n) is 18.9. The van der Waals surface area contributed by atoms with E-state index >= 15 is 0 Å². The van der Waals surface area contributed by atoms with E-state index in [9.17, 15) is 0 Å². The van der Waals surface area contributed by atoms with Gasteiger partial charge in [-0.25, -0.2) is 19.9 Å². The van der Waals surface area contributed by atoms with Gasteiger partial charge in [-0.05, 0) is 71.8 Å². The zero-order valence-corrected chi connectivity index (χ0v) is 30.5. The van der Waals surface area contributed by atoms with Gasteiger partial charge in [-0.3, -0.25) is 9.97 Å². The number of hydrogen-bond acceptors (Lipinski definition) is 6. The van der Waals surface area contributed by atoms with Gasteiger partial charge < -0.3 is 4.57 Å². The van der Waals surface area contributed by atoms with E-state index in [0.29, 0.717) is 28.9 Å². The standard InChI is InChI=1S/C50H31N7/c1-2-15-36(16-3-1)57-43-22-7-5-18-38(43)46-44(57)28-27-39-45(46)37-17-4-6-19-40(37)53-47(39)35-14-12-13-34(31-35)32-23-25-33(26-24-32)48-54-49(41-20-8-10-29-51-41)56-50(55-48)42-21-9-11-30-52-42/h1-31H. The van der Waals surface area contributed by atoms with Crippen LogP contribution in [-0.2, 0) is 0 Å². The molecule has 11 aromatic rings. The Kier molecular flexibility index (Phi) is 7.67. The number of para-hydroxylation sites is 3. The van der Waals surface area contributed by atoms with Gasteiger partial charge >= 0.3 is 0 Å². The largest absolute Gasteiger partial charge is 0.309 e. The second-order valence-corrected chi connectivity index (χ2v) is 13.9. The molecule has 5 aromatic heterocycles. The van der Waals surface area contributed by atoms with E-state index in [1.54, 1.807) is 12.4 Å². The van der Waals surface area contributed by atoms with Gasteiger partial charge in [-0.1, -0.05) is 115 Å². The minimum Gasteiger partial charge on any atom is -0.309 e. The van der Waals surface area contributed by atoms with Gasteiger partial charge in [-0.15, -0.1) is 0 Å². The van der Waals surface area contributed by atoms with Gasteiger partial charge in [0.15, 0.2) is 17.5 Å². The highest BCUT2D eigenvalue weighted by atomic mass is 15.1. The maximum Gasteiger partial charge on any atom is 0.182 e. The molecule has 0 bridgehead atoms. The van der Waals surface area contributed by atoms with Crippen molar-refractivity contribution in [1.29, 1.82) is 0 Å². The lowest BCUT2D eigenvalue weighted by atomic mass is 9.94. The molecule has 0 aliphatic carbocycles. The van der Waals surface area contributed by atoms with Crippen molar-refractivity contribution in [3.05, 3.63) is 188 Å². The van der Waals surface area contributed by atoms with Crippen LogP contribution in [0, 0.1) is 0 Å². The molecule has 0 saturated carbocycles. The van der Waals surface area contributed by atoms with Gasteiger partial charge in [0.25, 0.3) is 0 Å². The summed E-state index contributed by atoms with van der Waals surface area (Å²) in [4.78, 5) is 28.8. The van der Waals surface area contributed by atoms with Crippen molar-refractivity contribution in [2.75, 3.05) is 0 Å². The number of hydrogen-bond donors (Lipinski definition) is 0. The van der Waals surface area contributed by atoms with Crippen LogP contribution in [0.25, 0.3) is 106 Å². The van der Waals surface area contributed by atoms with Crippen molar-refractivity contribution < 1.29 is 0 Å². The summed E-state index contributed by atoms with van der Waals surface area (Å²) in [6, 6.07) is 60.8. The van der Waals surface area contributed by atoms with Crippen LogP contribution >= 0.6 is 0 Å². The highest BCUT2D eigenvalue weighted by Gasteiger charge is 2.20. The molecule has 0 amide bonds. The Bertz CT molecular complexity index is 3210. The fourth-order valence-corrected chi connectivity index (χ4v) is 7.96. The van der Waals surface area contributed by atoms with Gasteiger partial charge in [-0.2, -0.15) is 0 Å². The lowest BCUT2D eigenvalue weighted by Crippen LogP contribution is -2.01. The average Bonchev–Trinajstić information content (AvgIpc) is 3.64. The second kappa shape index (κ2) is 13.4. The highest BCUT2D eigenvalue weighted by molar-refractivity contribution is 6.29. The quantitative estimate of drug-likeness (QED) is 0.158. The number of nitrogens with zero attached hydrogens (tertiary/aromatic N) is 7. The number of fused-ring (bicyclic) bond motifs is 7. The molecular weight excluding hydrogens is 699 g/mol. The van der Waals surface area contributed by atoms with E-state index in [4.69, 9.17) is 19.9 Å². The number of pyridine rings is 3. The molecule has 11 rings (SSSR count). The molecule has 0 aliphatic rings. The van der Waals surface area contributed by atoms with Crippen LogP contribution < -0.4 is 0 Å². The highest BCUT2D eigenvalue weighted by Crippen LogP contribution is 2.42. The summed E-state index contributed by atoms with van der Waals surface area (Å²) in [5.74, 6) is 1.54. The van der Waals surface area contributed by atoms with Crippen LogP contribution in [0.2, 0.25) is 0 Å². The van der Waals surface area contributed by atoms with Crippen LogP contribution in [0.15, 0.2) is 188 Å². The Morgan fingerprint density at radius 2 is 0.982 bits per heavy atom. The minimum atomic E-state index is 0.495. The van der Waals surface area contributed by atoms with Crippen molar-refractivity contribution in [1.82, 2.24) is 34.5 Å². The van der Waals surface area contributed by atoms with Gasteiger partial charge in [0.1, 0.15) is 11.4 Å². The zero-order valence-electron chi connectivity index (χ0n) is 30.5. The Balaban J connectivity index is 1.04. The van der Waals surface area contributed by atoms with E-state index in [0.717, 1.165) is 49.9 Å². The lowest BCUT2D eigenvalue weighted by molar-refractivity contribution is 1.05.